The number of para-hydroxylation sites is 1. The van der Waals surface area contributed by atoms with E-state index in [2.05, 4.69) is 0 Å². The third kappa shape index (κ3) is 2.96. The molecule has 0 unspecified atom stereocenters. The molecule has 0 bridgehead atoms. The normalized spacial score (nSPS) is 10.1. The summed E-state index contributed by atoms with van der Waals surface area (Å²) in [6.07, 6.45) is 0. The molecule has 20 heavy (non-hydrogen) atoms. The van der Waals surface area contributed by atoms with Crippen molar-refractivity contribution < 1.29 is 18.7 Å². The highest BCUT2D eigenvalue weighted by atomic mass is 16.5. The molecule has 0 radical (unpaired) electrons. The summed E-state index contributed by atoms with van der Waals surface area (Å²) >= 11 is 0. The molecule has 1 aromatic carbocycles. The third-order valence-electron chi connectivity index (χ3n) is 2.54. The van der Waals surface area contributed by atoms with Crippen molar-refractivity contribution in [2.24, 2.45) is 11.6 Å². The second-order valence-electron chi connectivity index (χ2n) is 3.89. The lowest BCUT2D eigenvalue weighted by Crippen LogP contribution is -2.29. The van der Waals surface area contributed by atoms with Gasteiger partial charge in [0, 0.05) is 0 Å². The molecule has 2 amide bonds. The van der Waals surface area contributed by atoms with Gasteiger partial charge in [0.2, 0.25) is 0 Å². The Morgan fingerprint density at radius 1 is 1.20 bits per heavy atom. The highest BCUT2D eigenvalue weighted by Crippen LogP contribution is 2.19. The van der Waals surface area contributed by atoms with Crippen LogP contribution in [-0.4, -0.2) is 11.8 Å². The van der Waals surface area contributed by atoms with Gasteiger partial charge in [0.25, 0.3) is 5.91 Å². The molecule has 2 aromatic rings. The van der Waals surface area contributed by atoms with Gasteiger partial charge in [0.1, 0.15) is 18.1 Å². The number of nitrogens with two attached hydrogens (primary N) is 2. The van der Waals surface area contributed by atoms with Crippen molar-refractivity contribution >= 4 is 11.8 Å². The lowest BCUT2D eigenvalue weighted by Gasteiger charge is -2.07. The van der Waals surface area contributed by atoms with E-state index in [9.17, 15) is 9.59 Å². The molecule has 0 aliphatic heterocycles. The van der Waals surface area contributed by atoms with Gasteiger partial charge in [0.15, 0.2) is 5.76 Å². The van der Waals surface area contributed by atoms with E-state index in [0.717, 1.165) is 0 Å². The highest BCUT2D eigenvalue weighted by molar-refractivity contribution is 5.95. The number of carbonyl (C=O) groups is 2. The van der Waals surface area contributed by atoms with E-state index < -0.39 is 11.8 Å². The summed E-state index contributed by atoms with van der Waals surface area (Å²) in [5.74, 6) is 4.72. The fourth-order valence-corrected chi connectivity index (χ4v) is 1.59. The van der Waals surface area contributed by atoms with Gasteiger partial charge in [-0.15, -0.1) is 0 Å². The van der Waals surface area contributed by atoms with E-state index in [-0.39, 0.29) is 17.9 Å². The molecular weight excluding hydrogens is 262 g/mol. The number of primary amides is 1. The third-order valence-corrected chi connectivity index (χ3v) is 2.54. The molecule has 7 heteroatoms. The van der Waals surface area contributed by atoms with Crippen molar-refractivity contribution in [3.63, 3.8) is 0 Å². The number of furan rings is 1. The Kier molecular flexibility index (Phi) is 4.02. The summed E-state index contributed by atoms with van der Waals surface area (Å²) in [7, 11) is 0. The monoisotopic (exact) mass is 275 g/mol. The smallest absolute Gasteiger partial charge is 0.300 e. The molecule has 2 rings (SSSR count). The van der Waals surface area contributed by atoms with Gasteiger partial charge in [-0.25, -0.2) is 5.84 Å². The first-order valence-electron chi connectivity index (χ1n) is 5.73. The number of hydrogen-bond acceptors (Lipinski definition) is 5. The van der Waals surface area contributed by atoms with Crippen LogP contribution in [0.15, 0.2) is 40.8 Å². The van der Waals surface area contributed by atoms with Gasteiger partial charge in [-0.3, -0.25) is 15.0 Å². The molecule has 0 fully saturated rings. The number of nitrogen functional groups attached to an aromatic ring is 1. The topological polar surface area (TPSA) is 121 Å². The predicted molar refractivity (Wildman–Crippen MR) is 69.7 cm³/mol. The number of hydrogen-bond donors (Lipinski definition) is 3. The van der Waals surface area contributed by atoms with Crippen LogP contribution in [0, 0.1) is 0 Å². The second kappa shape index (κ2) is 5.89. The fourth-order valence-electron chi connectivity index (χ4n) is 1.59. The number of ether oxygens (including phenoxy) is 1. The van der Waals surface area contributed by atoms with Gasteiger partial charge in [-0.2, -0.15) is 0 Å². The molecule has 0 saturated heterocycles. The molecule has 0 atom stereocenters. The van der Waals surface area contributed by atoms with Crippen LogP contribution in [0.3, 0.4) is 0 Å². The van der Waals surface area contributed by atoms with Crippen LogP contribution in [0.5, 0.6) is 5.75 Å². The minimum absolute atomic E-state index is 0.0577. The first-order valence-corrected chi connectivity index (χ1v) is 5.73. The molecule has 5 N–H and O–H groups in total. The van der Waals surface area contributed by atoms with E-state index >= 15 is 0 Å². The summed E-state index contributed by atoms with van der Waals surface area (Å²) < 4.78 is 10.7. The molecule has 0 spiro atoms. The summed E-state index contributed by atoms with van der Waals surface area (Å²) in [6, 6.07) is 9.64. The minimum Gasteiger partial charge on any atom is -0.485 e. The van der Waals surface area contributed by atoms with Crippen molar-refractivity contribution in [2.75, 3.05) is 0 Å². The van der Waals surface area contributed by atoms with Crippen molar-refractivity contribution in [3.8, 4) is 5.75 Å². The number of benzene rings is 1. The van der Waals surface area contributed by atoms with Gasteiger partial charge in [-0.1, -0.05) is 12.1 Å². The van der Waals surface area contributed by atoms with Gasteiger partial charge < -0.3 is 14.9 Å². The number of nitrogens with one attached hydrogen (secondary N) is 1. The van der Waals surface area contributed by atoms with Gasteiger partial charge in [-0.05, 0) is 24.3 Å². The molecule has 104 valence electrons. The van der Waals surface area contributed by atoms with Crippen LogP contribution in [-0.2, 0) is 6.61 Å². The zero-order chi connectivity index (χ0) is 14.5. The SMILES string of the molecule is NNC(=O)c1ccc(COc2ccccc2C(N)=O)o1. The molecule has 1 heterocycles. The van der Waals surface area contributed by atoms with Crippen LogP contribution in [0.25, 0.3) is 0 Å². The molecule has 1 aromatic heterocycles. The summed E-state index contributed by atoms with van der Waals surface area (Å²) in [5, 5.41) is 0. The summed E-state index contributed by atoms with van der Waals surface area (Å²) in [4.78, 5) is 22.4. The summed E-state index contributed by atoms with van der Waals surface area (Å²) in [6.45, 7) is 0.0577. The Bertz CT molecular complexity index is 636. The summed E-state index contributed by atoms with van der Waals surface area (Å²) in [5.41, 5.74) is 7.47. The first kappa shape index (κ1) is 13.6. The Labute approximate surface area is 114 Å². The first-order chi connectivity index (χ1) is 9.61. The van der Waals surface area contributed by atoms with Crippen molar-refractivity contribution in [2.45, 2.75) is 6.61 Å². The number of carbonyl (C=O) groups excluding carboxylic acids is 2. The Hall–Kier alpha value is -2.80. The lowest BCUT2D eigenvalue weighted by molar-refractivity contribution is 0.0921. The van der Waals surface area contributed by atoms with Gasteiger partial charge in [0.05, 0.1) is 5.56 Å². The average molecular weight is 275 g/mol. The van der Waals surface area contributed by atoms with E-state index in [0.29, 0.717) is 11.5 Å². The number of amides is 2. The predicted octanol–water partition coefficient (Wildman–Crippen LogP) is 0.561. The van der Waals surface area contributed by atoms with Crippen LogP contribution in [0.1, 0.15) is 26.7 Å². The molecule has 0 saturated carbocycles. The number of rotatable bonds is 5. The highest BCUT2D eigenvalue weighted by Gasteiger charge is 2.12. The van der Waals surface area contributed by atoms with Crippen molar-refractivity contribution in [1.82, 2.24) is 5.43 Å². The maximum Gasteiger partial charge on any atom is 0.300 e. The van der Waals surface area contributed by atoms with Crippen molar-refractivity contribution in [3.05, 3.63) is 53.5 Å². The Morgan fingerprint density at radius 3 is 2.65 bits per heavy atom. The van der Waals surface area contributed by atoms with Crippen LogP contribution in [0.4, 0.5) is 0 Å². The van der Waals surface area contributed by atoms with Crippen molar-refractivity contribution in [1.29, 1.82) is 0 Å². The molecule has 7 nitrogen and oxygen atoms in total. The largest absolute Gasteiger partial charge is 0.485 e. The van der Waals surface area contributed by atoms with Crippen LogP contribution >= 0.6 is 0 Å². The maximum atomic E-state index is 11.2. The Morgan fingerprint density at radius 2 is 1.95 bits per heavy atom. The zero-order valence-corrected chi connectivity index (χ0v) is 10.5. The van der Waals surface area contributed by atoms with E-state index in [1.165, 1.54) is 6.07 Å². The van der Waals surface area contributed by atoms with E-state index in [1.54, 1.807) is 30.3 Å². The van der Waals surface area contributed by atoms with Crippen LogP contribution in [0.2, 0.25) is 0 Å². The van der Waals surface area contributed by atoms with E-state index in [4.69, 9.17) is 20.7 Å². The number of hydrazine groups is 1. The standard InChI is InChI=1S/C13H13N3O4/c14-12(17)9-3-1-2-4-10(9)19-7-8-5-6-11(20-8)13(18)16-15/h1-6H,7,15H2,(H2,14,17)(H,16,18). The van der Waals surface area contributed by atoms with Gasteiger partial charge >= 0.3 is 5.91 Å². The Balaban J connectivity index is 2.07. The second-order valence-corrected chi connectivity index (χ2v) is 3.89. The minimum atomic E-state index is -0.580. The van der Waals surface area contributed by atoms with Crippen LogP contribution < -0.4 is 21.7 Å². The molecular formula is C13H13N3O4. The average Bonchev–Trinajstić information content (AvgIpc) is 2.93. The lowest BCUT2D eigenvalue weighted by atomic mass is 10.2. The molecule has 0 aliphatic rings. The molecule has 0 aliphatic carbocycles. The fraction of sp³-hybridized carbons (Fsp3) is 0.0769. The quantitative estimate of drug-likeness (QED) is 0.418. The zero-order valence-electron chi connectivity index (χ0n) is 10.5. The maximum absolute atomic E-state index is 11.2. The van der Waals surface area contributed by atoms with E-state index in [1.807, 2.05) is 5.43 Å².